The maximum atomic E-state index is 10.7. The lowest BCUT2D eigenvalue weighted by Crippen LogP contribution is -2.09. The zero-order valence-electron chi connectivity index (χ0n) is 7.31. The Kier molecular flexibility index (Phi) is 10.0. The summed E-state index contributed by atoms with van der Waals surface area (Å²) in [6.07, 6.45) is -5.00. The Balaban J connectivity index is 0. The van der Waals surface area contributed by atoms with E-state index in [-0.39, 0.29) is 0 Å². The van der Waals surface area contributed by atoms with Crippen LogP contribution in [0, 0.1) is 0 Å². The molecule has 0 aliphatic carbocycles. The minimum atomic E-state index is -5.00. The van der Waals surface area contributed by atoms with Gasteiger partial charge < -0.3 is 10.2 Å². The lowest BCUT2D eigenvalue weighted by molar-refractivity contribution is -0.275. The van der Waals surface area contributed by atoms with Crippen molar-refractivity contribution in [2.24, 2.45) is 0 Å². The summed E-state index contributed by atoms with van der Waals surface area (Å²) in [7, 11) is -3.87. The van der Waals surface area contributed by atoms with Gasteiger partial charge in [0, 0.05) is 0 Å². The fraction of sp³-hybridized carbons (Fsp3) is 1.00. The van der Waals surface area contributed by atoms with Crippen LogP contribution in [0.3, 0.4) is 0 Å². The molecule has 0 aromatic carbocycles. The first-order valence-electron chi connectivity index (χ1n) is 3.52. The molecule has 1 atom stereocenters. The second-order valence-corrected chi connectivity index (χ2v) is 2.51. The number of nitrogens with one attached hydrogen (secondary N) is 1. The average Bonchev–Trinajstić information content (AvgIpc) is 1.84. The van der Waals surface area contributed by atoms with E-state index in [1.165, 1.54) is 0 Å². The van der Waals surface area contributed by atoms with E-state index in [1.54, 1.807) is 0 Å². The summed E-state index contributed by atoms with van der Waals surface area (Å²) in [5, 5.41) is 3.11. The van der Waals surface area contributed by atoms with Crippen molar-refractivity contribution >= 4 is 8.25 Å². The lowest BCUT2D eigenvalue weighted by Gasteiger charge is -2.00. The fourth-order valence-corrected chi connectivity index (χ4v) is 0.547. The Hall–Kier alpha value is -0.100. The van der Waals surface area contributed by atoms with Gasteiger partial charge in [-0.15, -0.1) is 13.2 Å². The summed E-state index contributed by atoms with van der Waals surface area (Å²) in [6.45, 7) is 6.39. The summed E-state index contributed by atoms with van der Waals surface area (Å²) >= 11 is 0. The number of halogens is 3. The molecule has 13 heavy (non-hydrogen) atoms. The Labute approximate surface area is 75.0 Å². The van der Waals surface area contributed by atoms with Crippen molar-refractivity contribution in [3.63, 3.8) is 0 Å². The molecule has 1 unspecified atom stereocenters. The summed E-state index contributed by atoms with van der Waals surface area (Å²) in [5.41, 5.74) is 0. The van der Waals surface area contributed by atoms with Crippen molar-refractivity contribution in [2.75, 3.05) is 13.1 Å². The fourth-order valence-electron chi connectivity index (χ4n) is 0.349. The van der Waals surface area contributed by atoms with Crippen LogP contribution in [0.2, 0.25) is 0 Å². The van der Waals surface area contributed by atoms with Crippen LogP contribution in [-0.4, -0.2) is 24.3 Å². The zero-order chi connectivity index (χ0) is 10.9. The van der Waals surface area contributed by atoms with Gasteiger partial charge in [-0.3, -0.25) is 4.57 Å². The first-order chi connectivity index (χ1) is 5.83. The second-order valence-electron chi connectivity index (χ2n) is 1.77. The van der Waals surface area contributed by atoms with Gasteiger partial charge in [0.25, 0.3) is 0 Å². The van der Waals surface area contributed by atoms with Crippen LogP contribution in [0.25, 0.3) is 0 Å². The van der Waals surface area contributed by atoms with Crippen molar-refractivity contribution in [2.45, 2.75) is 20.2 Å². The molecular formula is C5H13F3NO3P. The van der Waals surface area contributed by atoms with Crippen LogP contribution in [0.4, 0.5) is 13.2 Å². The number of hydrogen-bond donors (Lipinski definition) is 2. The molecule has 0 aliphatic rings. The van der Waals surface area contributed by atoms with Gasteiger partial charge in [-0.2, -0.15) is 0 Å². The van der Waals surface area contributed by atoms with E-state index in [9.17, 15) is 17.7 Å². The first-order valence-corrected chi connectivity index (χ1v) is 4.79. The second kappa shape index (κ2) is 8.50. The Morgan fingerprint density at radius 3 is 1.77 bits per heavy atom. The largest absolute Gasteiger partial charge is 0.529 e. The molecule has 0 saturated carbocycles. The van der Waals surface area contributed by atoms with Gasteiger partial charge in [0.05, 0.1) is 0 Å². The average molecular weight is 223 g/mol. The van der Waals surface area contributed by atoms with E-state index >= 15 is 0 Å². The highest BCUT2D eigenvalue weighted by Gasteiger charge is 2.31. The van der Waals surface area contributed by atoms with Crippen molar-refractivity contribution in [3.8, 4) is 0 Å². The molecule has 0 radical (unpaired) electrons. The third kappa shape index (κ3) is 24.5. The highest BCUT2D eigenvalue weighted by atomic mass is 31.1. The minimum absolute atomic E-state index is 1.09. The van der Waals surface area contributed by atoms with E-state index in [1.807, 2.05) is 0 Å². The summed E-state index contributed by atoms with van der Waals surface area (Å²) < 4.78 is 44.0. The Bertz CT molecular complexity index is 139. The lowest BCUT2D eigenvalue weighted by atomic mass is 10.7. The Morgan fingerprint density at radius 1 is 1.38 bits per heavy atom. The smallest absolute Gasteiger partial charge is 0.326 e. The highest BCUT2D eigenvalue weighted by Crippen LogP contribution is 2.29. The summed E-state index contributed by atoms with van der Waals surface area (Å²) in [5.74, 6) is 0. The molecule has 0 aromatic rings. The van der Waals surface area contributed by atoms with Crippen LogP contribution in [0.1, 0.15) is 13.8 Å². The molecular weight excluding hydrogens is 210 g/mol. The van der Waals surface area contributed by atoms with Gasteiger partial charge in [0.1, 0.15) is 0 Å². The standard InChI is InChI=1S/C4H11N.CH2F3O3P/c1-3-5-4-2;2-1(3,4)7-8(5)6/h5H,3-4H2,1-2H3;8H,(H,5,6). The molecule has 0 saturated heterocycles. The summed E-state index contributed by atoms with van der Waals surface area (Å²) in [4.78, 5) is 7.49. The predicted molar refractivity (Wildman–Crippen MR) is 42.6 cm³/mol. The number of hydrogen-bond acceptors (Lipinski definition) is 3. The number of alkyl halides is 3. The van der Waals surface area contributed by atoms with Gasteiger partial charge in [-0.25, -0.2) is 4.52 Å². The normalized spacial score (nSPS) is 13.1. The molecule has 82 valence electrons. The first kappa shape index (κ1) is 15.4. The molecule has 0 fully saturated rings. The van der Waals surface area contributed by atoms with E-state index in [0.29, 0.717) is 0 Å². The molecule has 0 amide bonds. The van der Waals surface area contributed by atoms with Crippen molar-refractivity contribution in [1.29, 1.82) is 0 Å². The zero-order valence-corrected chi connectivity index (χ0v) is 8.31. The van der Waals surface area contributed by atoms with Crippen molar-refractivity contribution in [1.82, 2.24) is 5.32 Å². The van der Waals surface area contributed by atoms with Crippen LogP contribution < -0.4 is 5.32 Å². The topological polar surface area (TPSA) is 58.6 Å². The van der Waals surface area contributed by atoms with Gasteiger partial charge in [-0.1, -0.05) is 13.8 Å². The third-order valence-electron chi connectivity index (χ3n) is 0.703. The van der Waals surface area contributed by atoms with E-state index in [2.05, 4.69) is 23.7 Å². The monoisotopic (exact) mass is 223 g/mol. The van der Waals surface area contributed by atoms with Gasteiger partial charge in [0.15, 0.2) is 0 Å². The van der Waals surface area contributed by atoms with Crippen LogP contribution >= 0.6 is 8.25 Å². The molecule has 0 bridgehead atoms. The SMILES string of the molecule is CCNCC.O=[PH](O)OC(F)(F)F. The molecule has 0 spiro atoms. The predicted octanol–water partition coefficient (Wildman–Crippen LogP) is 1.52. The maximum Gasteiger partial charge on any atom is 0.529 e. The molecule has 0 heterocycles. The highest BCUT2D eigenvalue weighted by molar-refractivity contribution is 7.32. The molecule has 0 rings (SSSR count). The van der Waals surface area contributed by atoms with E-state index in [0.717, 1.165) is 13.1 Å². The molecule has 0 aromatic heterocycles. The molecule has 4 nitrogen and oxygen atoms in total. The van der Waals surface area contributed by atoms with Gasteiger partial charge in [0.2, 0.25) is 0 Å². The molecule has 0 aliphatic heterocycles. The third-order valence-corrected chi connectivity index (χ3v) is 1.11. The Morgan fingerprint density at radius 2 is 1.77 bits per heavy atom. The van der Waals surface area contributed by atoms with E-state index in [4.69, 9.17) is 4.89 Å². The van der Waals surface area contributed by atoms with Gasteiger partial charge in [-0.05, 0) is 13.1 Å². The quantitative estimate of drug-likeness (QED) is 0.712. The van der Waals surface area contributed by atoms with Crippen LogP contribution in [0.5, 0.6) is 0 Å². The maximum absolute atomic E-state index is 10.7. The molecule has 2 N–H and O–H groups in total. The van der Waals surface area contributed by atoms with Crippen molar-refractivity contribution in [3.05, 3.63) is 0 Å². The van der Waals surface area contributed by atoms with Crippen molar-refractivity contribution < 1.29 is 27.2 Å². The van der Waals surface area contributed by atoms with E-state index < -0.39 is 14.6 Å². The van der Waals surface area contributed by atoms with Gasteiger partial charge >= 0.3 is 14.6 Å². The number of rotatable bonds is 3. The summed E-state index contributed by atoms with van der Waals surface area (Å²) in [6, 6.07) is 0. The minimum Gasteiger partial charge on any atom is -0.326 e. The molecule has 8 heteroatoms. The van der Waals surface area contributed by atoms with Crippen LogP contribution in [0.15, 0.2) is 0 Å². The van der Waals surface area contributed by atoms with Crippen LogP contribution in [-0.2, 0) is 9.09 Å².